The number of rotatable bonds is 3. The third-order valence-electron chi connectivity index (χ3n) is 2.55. The summed E-state index contributed by atoms with van der Waals surface area (Å²) in [5.41, 5.74) is 0. The first-order chi connectivity index (χ1) is 6.66. The van der Waals surface area contributed by atoms with Crippen LogP contribution >= 0.6 is 0 Å². The highest BCUT2D eigenvalue weighted by Gasteiger charge is 2.45. The van der Waals surface area contributed by atoms with Crippen molar-refractivity contribution in [2.45, 2.75) is 16.6 Å². The summed E-state index contributed by atoms with van der Waals surface area (Å²) in [4.78, 5) is 0.425. The molecule has 1 saturated carbocycles. The van der Waals surface area contributed by atoms with Crippen LogP contribution in [0.5, 0.6) is 0 Å². The van der Waals surface area contributed by atoms with Gasteiger partial charge in [0.15, 0.2) is 9.84 Å². The maximum Gasteiger partial charge on any atom is 0.181 e. The van der Waals surface area contributed by atoms with Crippen molar-refractivity contribution in [3.8, 4) is 0 Å². The second-order valence-corrected chi connectivity index (χ2v) is 5.70. The van der Waals surface area contributed by atoms with Crippen molar-refractivity contribution < 1.29 is 8.42 Å². The van der Waals surface area contributed by atoms with E-state index in [4.69, 9.17) is 0 Å². The van der Waals surface area contributed by atoms with Gasteiger partial charge in [-0.05, 0) is 24.5 Å². The minimum atomic E-state index is -3.10. The minimum Gasteiger partial charge on any atom is -0.223 e. The van der Waals surface area contributed by atoms with Gasteiger partial charge in [-0.2, -0.15) is 0 Å². The van der Waals surface area contributed by atoms with Crippen molar-refractivity contribution in [3.05, 3.63) is 43.0 Å². The van der Waals surface area contributed by atoms with Gasteiger partial charge in [-0.1, -0.05) is 24.3 Å². The fraction of sp³-hybridized carbons (Fsp3) is 0.273. The summed E-state index contributed by atoms with van der Waals surface area (Å²) in [6.07, 6.45) is 2.45. The molecule has 0 heterocycles. The van der Waals surface area contributed by atoms with E-state index < -0.39 is 9.84 Å². The summed E-state index contributed by atoms with van der Waals surface area (Å²) < 4.78 is 23.8. The fourth-order valence-corrected chi connectivity index (χ4v) is 3.51. The topological polar surface area (TPSA) is 34.1 Å². The van der Waals surface area contributed by atoms with Crippen LogP contribution in [0.1, 0.15) is 6.42 Å². The fourth-order valence-electron chi connectivity index (χ4n) is 1.58. The minimum absolute atomic E-state index is 0.153. The first-order valence-electron chi connectivity index (χ1n) is 4.58. The zero-order chi connectivity index (χ0) is 10.2. The summed E-state index contributed by atoms with van der Waals surface area (Å²) >= 11 is 0. The highest BCUT2D eigenvalue weighted by atomic mass is 32.2. The number of benzene rings is 1. The first kappa shape index (κ1) is 9.46. The molecule has 2 atom stereocenters. The summed E-state index contributed by atoms with van der Waals surface area (Å²) in [7, 11) is -3.10. The van der Waals surface area contributed by atoms with Crippen LogP contribution < -0.4 is 0 Å². The van der Waals surface area contributed by atoms with Crippen molar-refractivity contribution in [3.63, 3.8) is 0 Å². The van der Waals surface area contributed by atoms with Gasteiger partial charge in [-0.3, -0.25) is 0 Å². The van der Waals surface area contributed by atoms with E-state index in [1.165, 1.54) is 0 Å². The van der Waals surface area contributed by atoms with Crippen LogP contribution in [0.15, 0.2) is 47.9 Å². The second kappa shape index (κ2) is 3.24. The van der Waals surface area contributed by atoms with E-state index in [9.17, 15) is 8.42 Å². The largest absolute Gasteiger partial charge is 0.223 e. The van der Waals surface area contributed by atoms with Crippen LogP contribution in [0, 0.1) is 5.92 Å². The Morgan fingerprint density at radius 2 is 1.93 bits per heavy atom. The van der Waals surface area contributed by atoms with E-state index in [0.717, 1.165) is 6.42 Å². The molecule has 1 fully saturated rings. The second-order valence-electron chi connectivity index (χ2n) is 3.53. The van der Waals surface area contributed by atoms with E-state index in [1.54, 1.807) is 30.3 Å². The molecule has 0 saturated heterocycles. The molecule has 0 N–H and O–H groups in total. The molecule has 0 bridgehead atoms. The molecule has 2 rings (SSSR count). The molecule has 0 aliphatic heterocycles. The summed E-state index contributed by atoms with van der Waals surface area (Å²) in [6, 6.07) is 8.61. The Kier molecular flexibility index (Phi) is 2.19. The lowest BCUT2D eigenvalue weighted by atomic mass is 10.4. The maximum atomic E-state index is 11.9. The molecule has 14 heavy (non-hydrogen) atoms. The molecule has 3 heteroatoms. The zero-order valence-corrected chi connectivity index (χ0v) is 8.57. The molecule has 1 aromatic rings. The molecule has 0 radical (unpaired) electrons. The van der Waals surface area contributed by atoms with Gasteiger partial charge in [0, 0.05) is 0 Å². The Morgan fingerprint density at radius 1 is 1.29 bits per heavy atom. The zero-order valence-electron chi connectivity index (χ0n) is 7.76. The quantitative estimate of drug-likeness (QED) is 0.712. The summed E-state index contributed by atoms with van der Waals surface area (Å²) in [5, 5.41) is -0.234. The molecule has 74 valence electrons. The van der Waals surface area contributed by atoms with E-state index in [1.807, 2.05) is 6.07 Å². The standard InChI is InChI=1S/C11H12O2S/c1-2-9-8-11(9)14(12,13)10-6-4-3-5-7-10/h2-7,9,11H,1,8H2/t9-,11+/m0/s1. The Morgan fingerprint density at radius 3 is 2.43 bits per heavy atom. The Bertz CT molecular complexity index is 434. The molecule has 0 unspecified atom stereocenters. The highest BCUT2D eigenvalue weighted by molar-refractivity contribution is 7.92. The summed E-state index contributed by atoms with van der Waals surface area (Å²) in [6.45, 7) is 3.62. The molecule has 2 nitrogen and oxygen atoms in total. The SMILES string of the molecule is C=C[C@H]1C[C@H]1S(=O)(=O)c1ccccc1. The van der Waals surface area contributed by atoms with Gasteiger partial charge in [0.25, 0.3) is 0 Å². The van der Waals surface area contributed by atoms with Gasteiger partial charge >= 0.3 is 0 Å². The molecule has 0 amide bonds. The monoisotopic (exact) mass is 208 g/mol. The van der Waals surface area contributed by atoms with Crippen LogP contribution in [0.4, 0.5) is 0 Å². The van der Waals surface area contributed by atoms with Crippen molar-refractivity contribution in [2.24, 2.45) is 5.92 Å². The number of hydrogen-bond acceptors (Lipinski definition) is 2. The van der Waals surface area contributed by atoms with Gasteiger partial charge in [0.2, 0.25) is 0 Å². The van der Waals surface area contributed by atoms with Crippen LogP contribution in [0.2, 0.25) is 0 Å². The van der Waals surface area contributed by atoms with E-state index >= 15 is 0 Å². The Hall–Kier alpha value is -1.09. The van der Waals surface area contributed by atoms with E-state index in [2.05, 4.69) is 6.58 Å². The smallest absolute Gasteiger partial charge is 0.181 e. The van der Waals surface area contributed by atoms with E-state index in [-0.39, 0.29) is 11.2 Å². The van der Waals surface area contributed by atoms with Crippen LogP contribution in [-0.4, -0.2) is 13.7 Å². The molecule has 1 aliphatic carbocycles. The van der Waals surface area contributed by atoms with Crippen molar-refractivity contribution in [2.75, 3.05) is 0 Å². The third-order valence-corrected chi connectivity index (χ3v) is 4.82. The van der Waals surface area contributed by atoms with Gasteiger partial charge in [-0.25, -0.2) is 8.42 Å². The normalized spacial score (nSPS) is 25.7. The predicted molar refractivity (Wildman–Crippen MR) is 55.7 cm³/mol. The molecule has 1 aromatic carbocycles. The predicted octanol–water partition coefficient (Wildman–Crippen LogP) is 2.03. The number of hydrogen-bond donors (Lipinski definition) is 0. The molecule has 0 spiro atoms. The molecule has 1 aliphatic rings. The summed E-state index contributed by atoms with van der Waals surface area (Å²) in [5.74, 6) is 0.153. The average Bonchev–Trinajstić information content (AvgIpc) is 2.98. The molecule has 0 aromatic heterocycles. The van der Waals surface area contributed by atoms with Crippen molar-refractivity contribution >= 4 is 9.84 Å². The third kappa shape index (κ3) is 1.48. The first-order valence-corrected chi connectivity index (χ1v) is 6.12. The highest BCUT2D eigenvalue weighted by Crippen LogP contribution is 2.40. The molecular formula is C11H12O2S. The number of sulfone groups is 1. The molecular weight excluding hydrogens is 196 g/mol. The van der Waals surface area contributed by atoms with Crippen LogP contribution in [-0.2, 0) is 9.84 Å². The van der Waals surface area contributed by atoms with Gasteiger partial charge in [0.1, 0.15) is 0 Å². The van der Waals surface area contributed by atoms with Crippen molar-refractivity contribution in [1.29, 1.82) is 0 Å². The van der Waals surface area contributed by atoms with Crippen LogP contribution in [0.3, 0.4) is 0 Å². The lowest BCUT2D eigenvalue weighted by Gasteiger charge is -2.01. The van der Waals surface area contributed by atoms with E-state index in [0.29, 0.717) is 4.90 Å². The Balaban J connectivity index is 2.31. The van der Waals surface area contributed by atoms with Crippen LogP contribution in [0.25, 0.3) is 0 Å². The average molecular weight is 208 g/mol. The lowest BCUT2D eigenvalue weighted by Crippen LogP contribution is -2.08. The van der Waals surface area contributed by atoms with Gasteiger partial charge < -0.3 is 0 Å². The van der Waals surface area contributed by atoms with Crippen molar-refractivity contribution in [1.82, 2.24) is 0 Å². The lowest BCUT2D eigenvalue weighted by molar-refractivity contribution is 0.593. The van der Waals surface area contributed by atoms with Gasteiger partial charge in [-0.15, -0.1) is 6.58 Å². The maximum absolute atomic E-state index is 11.9. The number of allylic oxidation sites excluding steroid dienone is 1. The Labute approximate surface area is 84.2 Å². The van der Waals surface area contributed by atoms with Gasteiger partial charge in [0.05, 0.1) is 10.1 Å².